The van der Waals surface area contributed by atoms with Crippen LogP contribution in [0.3, 0.4) is 0 Å². The van der Waals surface area contributed by atoms with Crippen molar-refractivity contribution in [1.29, 1.82) is 0 Å². The summed E-state index contributed by atoms with van der Waals surface area (Å²) >= 11 is 53.3. The Bertz CT molecular complexity index is 3480. The monoisotopic (exact) mass is 1360 g/mol. The Morgan fingerprint density at radius 1 is 0.512 bits per heavy atom. The fourth-order valence-electron chi connectivity index (χ4n) is 10.5. The molecule has 4 aliphatic rings. The van der Waals surface area contributed by atoms with E-state index in [9.17, 15) is 5.11 Å². The maximum Gasteiger partial charge on any atom is 0.263 e. The summed E-state index contributed by atoms with van der Waals surface area (Å²) in [5.74, 6) is -4.22. The Labute approximate surface area is 540 Å². The number of imide groups is 2. The summed E-state index contributed by atoms with van der Waals surface area (Å²) < 4.78 is 63.8. The second-order valence-electron chi connectivity index (χ2n) is 22.3. The van der Waals surface area contributed by atoms with Gasteiger partial charge in [-0.15, -0.1) is 0 Å². The van der Waals surface area contributed by atoms with Crippen molar-refractivity contribution in [3.05, 3.63) is 200 Å². The molecule has 1 unspecified atom stereocenters. The molecule has 454 valence electrons. The number of benzene rings is 6. The second-order valence-corrected chi connectivity index (χ2v) is 31.7. The number of nitrogens with zero attached hydrogens (tertiary/aromatic N) is 2. The van der Waals surface area contributed by atoms with E-state index in [0.29, 0.717) is 10.5 Å². The molecule has 1 N–H and O–H groups in total. The Kier molecular flexibility index (Phi) is 20.2. The summed E-state index contributed by atoms with van der Waals surface area (Å²) in [6.07, 6.45) is -11.1. The number of aliphatic hydroxyl groups is 1. The first kappa shape index (κ1) is 64.9. The first-order chi connectivity index (χ1) is 40.9. The van der Waals surface area contributed by atoms with E-state index in [1.807, 2.05) is 125 Å². The lowest BCUT2D eigenvalue weighted by Gasteiger charge is -2.53. The quantitative estimate of drug-likeness (QED) is 0.0351. The van der Waals surface area contributed by atoms with Crippen LogP contribution < -0.4 is 0 Å². The van der Waals surface area contributed by atoms with Crippen LogP contribution in [0, 0.1) is 0 Å². The minimum Gasteiger partial charge on any atom is -0.408 e. The summed E-state index contributed by atoms with van der Waals surface area (Å²) in [6.45, 7) is 9.45. The van der Waals surface area contributed by atoms with Crippen LogP contribution in [0.25, 0.3) is 0 Å². The molecule has 10 rings (SSSR count). The number of aliphatic hydroxyl groups excluding tert-OH is 1. The van der Waals surface area contributed by atoms with Crippen molar-refractivity contribution in [2.75, 3.05) is 13.2 Å². The number of hydrogen-bond donors (Lipinski definition) is 1. The lowest BCUT2D eigenvalue weighted by atomic mass is 9.93. The van der Waals surface area contributed by atoms with Gasteiger partial charge in [-0.3, -0.25) is 33.2 Å². The van der Waals surface area contributed by atoms with Crippen LogP contribution in [0.5, 0.6) is 0 Å². The van der Waals surface area contributed by atoms with Crippen molar-refractivity contribution in [1.82, 2.24) is 9.80 Å². The van der Waals surface area contributed by atoms with E-state index < -0.39 is 136 Å². The van der Waals surface area contributed by atoms with Gasteiger partial charge < -0.3 is 38.0 Å². The molecule has 6 aromatic rings. The Balaban J connectivity index is 1.16. The molecular weight excluding hydrogens is 1310 g/mol. The van der Waals surface area contributed by atoms with Gasteiger partial charge in [0.2, 0.25) is 0 Å². The predicted octanol–water partition coefficient (Wildman–Crippen LogP) is 14.0. The molecule has 11 atom stereocenters. The molecule has 86 heavy (non-hydrogen) atoms. The highest BCUT2D eigenvalue weighted by Crippen LogP contribution is 2.50. The molecule has 6 aromatic carbocycles. The van der Waals surface area contributed by atoms with Gasteiger partial charge in [0, 0.05) is 4.90 Å². The summed E-state index contributed by atoms with van der Waals surface area (Å²) in [5, 5.41) is 10.2. The fourth-order valence-corrected chi connectivity index (χ4v) is 15.4. The van der Waals surface area contributed by atoms with E-state index in [0.717, 1.165) is 16.0 Å². The molecule has 0 radical (unpaired) electrons. The SMILES string of the molecule is CC(C)(C)[Si](C)(C)O[C@H]1[C@H](OCc2ccccc2)[C@@H](N2C(=O)c3c(Cl)c(Cl)c(Cl)c(Cl)c3C2=O)[C@H](O[C@H]2[C@H](O)[C@@H](N3C(=O)c4c(Cl)c(Cl)c(Cl)c(Cl)c4C3=O)[C@H](S(=O)c3ccccc3)O[C@@H]2COCc2ccccc2)O[C@@H]1COCc1ccccc1. The van der Waals surface area contributed by atoms with Crippen LogP contribution in [0.1, 0.15) is 78.9 Å². The number of ether oxygens (including phenoxy) is 6. The van der Waals surface area contributed by atoms with Crippen molar-refractivity contribution in [2.24, 2.45) is 0 Å². The molecule has 0 spiro atoms. The van der Waals surface area contributed by atoms with Crippen LogP contribution in [0.2, 0.25) is 58.3 Å². The van der Waals surface area contributed by atoms with Crippen molar-refractivity contribution in [3.8, 4) is 0 Å². The standard InChI is InChI=1S/C61H56Cl8N2O13SSi/c1-61(2,3)86(4,5)84-53-36(30-79-27-32-20-12-7-13-21-32)81-59(50(54(53)80-28-33-22-14-8-15-23-33)71-57(75)39-40(58(71)76)44(65)48(69)47(68)43(39)64)83-52-35(29-78-26-31-18-10-6-11-19-31)82-60(85(77)34-24-16-9-17-25-34)49(51(52)72)70-55(73)37-38(56(70)74)42(63)46(67)45(66)41(37)62/h6-25,35-36,49-54,59-60,72H,26-30H2,1-5H3/t35-,36-,49-,50-,51-,52-,53-,54-,59+,60+,85?/m1/s1. The van der Waals surface area contributed by atoms with Crippen LogP contribution >= 0.6 is 92.8 Å². The van der Waals surface area contributed by atoms with E-state index in [4.69, 9.17) is 126 Å². The minimum atomic E-state index is -2.97. The zero-order valence-corrected chi connectivity index (χ0v) is 54.4. The zero-order chi connectivity index (χ0) is 61.7. The number of hydrogen-bond acceptors (Lipinski definition) is 13. The average molecular weight is 1370 g/mol. The molecular formula is C61H56Cl8N2O13SSi. The lowest BCUT2D eigenvalue weighted by Crippen LogP contribution is -2.71. The first-order valence-electron chi connectivity index (χ1n) is 27.1. The van der Waals surface area contributed by atoms with Crippen LogP contribution in [-0.2, 0) is 63.5 Å². The van der Waals surface area contributed by atoms with Crippen molar-refractivity contribution >= 4 is 136 Å². The number of carbonyl (C=O) groups is 4. The summed E-state index contributed by atoms with van der Waals surface area (Å²) in [4.78, 5) is 62.8. The van der Waals surface area contributed by atoms with Gasteiger partial charge in [0.25, 0.3) is 23.6 Å². The molecule has 0 aromatic heterocycles. The van der Waals surface area contributed by atoms with E-state index in [1.54, 1.807) is 30.3 Å². The number of amides is 4. The maximum atomic E-state index is 15.5. The smallest absolute Gasteiger partial charge is 0.263 e. The summed E-state index contributed by atoms with van der Waals surface area (Å²) in [7, 11) is -5.30. The predicted molar refractivity (Wildman–Crippen MR) is 332 cm³/mol. The molecule has 4 heterocycles. The van der Waals surface area contributed by atoms with Crippen molar-refractivity contribution in [3.63, 3.8) is 0 Å². The molecule has 25 heteroatoms. The average Bonchev–Trinajstić information content (AvgIpc) is 1.54. The van der Waals surface area contributed by atoms with Gasteiger partial charge in [-0.1, -0.05) is 223 Å². The third-order valence-electron chi connectivity index (χ3n) is 15.9. The van der Waals surface area contributed by atoms with E-state index in [-0.39, 0.29) is 72.6 Å². The van der Waals surface area contributed by atoms with Crippen LogP contribution in [-0.4, -0.2) is 125 Å². The number of halogens is 8. The van der Waals surface area contributed by atoms with Gasteiger partial charge in [0.05, 0.1) is 106 Å². The normalized spacial score (nSPS) is 24.6. The first-order valence-corrected chi connectivity index (χ1v) is 34.2. The third kappa shape index (κ3) is 12.6. The minimum absolute atomic E-state index is 0.0107. The van der Waals surface area contributed by atoms with Crippen LogP contribution in [0.4, 0.5) is 0 Å². The van der Waals surface area contributed by atoms with Crippen molar-refractivity contribution in [2.45, 2.75) is 124 Å². The Morgan fingerprint density at radius 3 is 1.29 bits per heavy atom. The number of carbonyl (C=O) groups excluding carboxylic acids is 4. The van der Waals surface area contributed by atoms with Crippen molar-refractivity contribution < 1.29 is 61.3 Å². The fraction of sp³-hybridized carbons (Fsp3) is 0.344. The highest BCUT2D eigenvalue weighted by molar-refractivity contribution is 7.85. The molecule has 2 fully saturated rings. The topological polar surface area (TPSA) is 177 Å². The van der Waals surface area contributed by atoms with Crippen LogP contribution in [0.15, 0.2) is 126 Å². The molecule has 4 aliphatic heterocycles. The maximum absolute atomic E-state index is 15.5. The molecule has 0 bridgehead atoms. The van der Waals surface area contributed by atoms with Gasteiger partial charge in [0.15, 0.2) is 20.0 Å². The number of fused-ring (bicyclic) bond motifs is 2. The second kappa shape index (κ2) is 26.8. The van der Waals surface area contributed by atoms with E-state index in [2.05, 4.69) is 0 Å². The van der Waals surface area contributed by atoms with Gasteiger partial charge >= 0.3 is 0 Å². The molecule has 0 aliphatic carbocycles. The highest BCUT2D eigenvalue weighted by atomic mass is 35.5. The zero-order valence-electron chi connectivity index (χ0n) is 46.5. The van der Waals surface area contributed by atoms with Gasteiger partial charge in [-0.2, -0.15) is 0 Å². The Hall–Kier alpha value is -4.03. The van der Waals surface area contributed by atoms with E-state index >= 15 is 23.4 Å². The largest absolute Gasteiger partial charge is 0.408 e. The molecule has 2 saturated heterocycles. The molecule has 4 amide bonds. The molecule has 15 nitrogen and oxygen atoms in total. The summed E-state index contributed by atoms with van der Waals surface area (Å²) in [5.41, 5.74) is -1.17. The lowest BCUT2D eigenvalue weighted by molar-refractivity contribution is -0.324. The third-order valence-corrected chi connectivity index (χ3v) is 25.5. The van der Waals surface area contributed by atoms with Gasteiger partial charge in [-0.25, -0.2) is 0 Å². The van der Waals surface area contributed by atoms with Gasteiger partial charge in [0.1, 0.15) is 48.7 Å². The Morgan fingerprint density at radius 2 is 0.884 bits per heavy atom. The highest BCUT2D eigenvalue weighted by Gasteiger charge is 2.62. The summed E-state index contributed by atoms with van der Waals surface area (Å²) in [6, 6.07) is 31.9. The van der Waals surface area contributed by atoms with E-state index in [1.165, 1.54) is 0 Å². The van der Waals surface area contributed by atoms with Gasteiger partial charge in [-0.05, 0) is 47.0 Å². The number of rotatable bonds is 19. The molecule has 0 saturated carbocycles.